The molecule has 2 aliphatic carbocycles. The van der Waals surface area contributed by atoms with Crippen LogP contribution in [0.25, 0.3) is 11.3 Å². The molecule has 0 unspecified atom stereocenters. The third-order valence-electron chi connectivity index (χ3n) is 4.88. The second-order valence-electron chi connectivity index (χ2n) is 6.17. The molecule has 0 saturated heterocycles. The van der Waals surface area contributed by atoms with E-state index in [4.69, 9.17) is 0 Å². The van der Waals surface area contributed by atoms with Crippen molar-refractivity contribution in [2.24, 2.45) is 17.8 Å². The Labute approximate surface area is 128 Å². The molecular weight excluding hydrogens is 280 g/mol. The number of hydrogen-bond donors (Lipinski definition) is 1. The number of nitrogens with one attached hydrogen (secondary N) is 1. The van der Waals surface area contributed by atoms with Gasteiger partial charge in [0.05, 0.1) is 5.69 Å². The van der Waals surface area contributed by atoms with Crippen molar-refractivity contribution in [1.29, 1.82) is 0 Å². The minimum Gasteiger partial charge on any atom is -0.302 e. The van der Waals surface area contributed by atoms with Crippen LogP contribution in [0.4, 0.5) is 5.13 Å². The summed E-state index contributed by atoms with van der Waals surface area (Å²) in [4.78, 5) is 16.9. The summed E-state index contributed by atoms with van der Waals surface area (Å²) in [6, 6.07) is 10.1. The summed E-state index contributed by atoms with van der Waals surface area (Å²) in [5.41, 5.74) is 2.03. The first-order valence-corrected chi connectivity index (χ1v) is 8.49. The molecule has 0 aliphatic heterocycles. The molecule has 0 spiro atoms. The Morgan fingerprint density at radius 2 is 2.05 bits per heavy atom. The van der Waals surface area contributed by atoms with Gasteiger partial charge in [0.1, 0.15) is 0 Å². The summed E-state index contributed by atoms with van der Waals surface area (Å²) in [6.45, 7) is 0. The zero-order valence-corrected chi connectivity index (χ0v) is 12.6. The summed E-state index contributed by atoms with van der Waals surface area (Å²) in [6.07, 6.45) is 4.89. The average Bonchev–Trinajstić information content (AvgIpc) is 3.24. The predicted molar refractivity (Wildman–Crippen MR) is 85.1 cm³/mol. The molecule has 2 fully saturated rings. The van der Waals surface area contributed by atoms with Crippen molar-refractivity contribution < 1.29 is 4.79 Å². The fraction of sp³-hybridized carbons (Fsp3) is 0.412. The maximum absolute atomic E-state index is 12.4. The Morgan fingerprint density at radius 3 is 2.76 bits per heavy atom. The summed E-state index contributed by atoms with van der Waals surface area (Å²) in [7, 11) is 0. The van der Waals surface area contributed by atoms with Crippen LogP contribution in [-0.2, 0) is 4.79 Å². The normalized spacial score (nSPS) is 27.0. The van der Waals surface area contributed by atoms with Crippen molar-refractivity contribution in [3.63, 3.8) is 0 Å². The van der Waals surface area contributed by atoms with Gasteiger partial charge in [0.2, 0.25) is 5.91 Å². The zero-order chi connectivity index (χ0) is 14.2. The highest BCUT2D eigenvalue weighted by atomic mass is 32.1. The van der Waals surface area contributed by atoms with Gasteiger partial charge in [-0.1, -0.05) is 36.8 Å². The minimum atomic E-state index is 0.177. The number of fused-ring (bicyclic) bond motifs is 2. The maximum Gasteiger partial charge on any atom is 0.229 e. The standard InChI is InChI=1S/C17H18N2OS/c20-16(14-9-11-6-7-13(14)8-11)19-17-18-15(10-21-17)12-4-2-1-3-5-12/h1-5,10-11,13-14H,6-9H2,(H,18,19,20)/t11-,13-,14+/m0/s1. The Bertz CT molecular complexity index is 652. The van der Waals surface area contributed by atoms with Crippen LogP contribution in [0.15, 0.2) is 35.7 Å². The highest BCUT2D eigenvalue weighted by molar-refractivity contribution is 7.14. The molecule has 2 aliphatic rings. The fourth-order valence-electron chi connectivity index (χ4n) is 3.84. The number of benzene rings is 1. The van der Waals surface area contributed by atoms with Crippen LogP contribution in [0.5, 0.6) is 0 Å². The van der Waals surface area contributed by atoms with Gasteiger partial charge in [-0.2, -0.15) is 0 Å². The quantitative estimate of drug-likeness (QED) is 0.923. The lowest BCUT2D eigenvalue weighted by Gasteiger charge is -2.19. The van der Waals surface area contributed by atoms with Crippen LogP contribution in [0.1, 0.15) is 25.7 Å². The molecule has 21 heavy (non-hydrogen) atoms. The number of aromatic nitrogens is 1. The van der Waals surface area contributed by atoms with Gasteiger partial charge in [-0.05, 0) is 31.1 Å². The van der Waals surface area contributed by atoms with Crippen LogP contribution < -0.4 is 5.32 Å². The number of rotatable bonds is 3. The second-order valence-corrected chi connectivity index (χ2v) is 7.03. The number of hydrogen-bond acceptors (Lipinski definition) is 3. The zero-order valence-electron chi connectivity index (χ0n) is 11.8. The van der Waals surface area contributed by atoms with E-state index in [2.05, 4.69) is 10.3 Å². The second kappa shape index (κ2) is 5.26. The van der Waals surface area contributed by atoms with E-state index >= 15 is 0 Å². The molecule has 2 saturated carbocycles. The molecule has 2 bridgehead atoms. The molecule has 1 N–H and O–H groups in total. The Morgan fingerprint density at radius 1 is 1.19 bits per heavy atom. The summed E-state index contributed by atoms with van der Waals surface area (Å²) in [5, 5.41) is 5.76. The summed E-state index contributed by atoms with van der Waals surface area (Å²) in [5.74, 6) is 1.80. The van der Waals surface area contributed by atoms with E-state index in [0.29, 0.717) is 5.92 Å². The van der Waals surface area contributed by atoms with E-state index in [1.54, 1.807) is 0 Å². The maximum atomic E-state index is 12.4. The molecule has 2 aromatic rings. The lowest BCUT2D eigenvalue weighted by Crippen LogP contribution is -2.27. The van der Waals surface area contributed by atoms with Crippen molar-refractivity contribution >= 4 is 22.4 Å². The molecular formula is C17H18N2OS. The molecule has 3 atom stereocenters. The van der Waals surface area contributed by atoms with E-state index in [-0.39, 0.29) is 11.8 Å². The van der Waals surface area contributed by atoms with E-state index in [1.165, 1.54) is 30.6 Å². The van der Waals surface area contributed by atoms with Gasteiger partial charge in [-0.3, -0.25) is 4.79 Å². The van der Waals surface area contributed by atoms with Crippen LogP contribution in [0.2, 0.25) is 0 Å². The first-order valence-electron chi connectivity index (χ1n) is 7.61. The van der Waals surface area contributed by atoms with Crippen molar-refractivity contribution in [3.05, 3.63) is 35.7 Å². The van der Waals surface area contributed by atoms with Gasteiger partial charge in [0, 0.05) is 16.9 Å². The van der Waals surface area contributed by atoms with Crippen LogP contribution >= 0.6 is 11.3 Å². The molecule has 1 aromatic heterocycles. The van der Waals surface area contributed by atoms with Crippen LogP contribution in [-0.4, -0.2) is 10.9 Å². The molecule has 0 radical (unpaired) electrons. The Kier molecular flexibility index (Phi) is 3.26. The van der Waals surface area contributed by atoms with E-state index in [1.807, 2.05) is 35.7 Å². The van der Waals surface area contributed by atoms with Crippen molar-refractivity contribution in [1.82, 2.24) is 4.98 Å². The molecule has 1 amide bonds. The van der Waals surface area contributed by atoms with Gasteiger partial charge in [-0.25, -0.2) is 4.98 Å². The number of carbonyl (C=O) groups excluding carboxylic acids is 1. The fourth-order valence-corrected chi connectivity index (χ4v) is 4.56. The first kappa shape index (κ1) is 13.0. The van der Waals surface area contributed by atoms with E-state index < -0.39 is 0 Å². The largest absolute Gasteiger partial charge is 0.302 e. The predicted octanol–water partition coefficient (Wildman–Crippen LogP) is 4.18. The molecule has 1 aromatic carbocycles. The van der Waals surface area contributed by atoms with Gasteiger partial charge in [-0.15, -0.1) is 11.3 Å². The van der Waals surface area contributed by atoms with Crippen molar-refractivity contribution in [2.75, 3.05) is 5.32 Å². The number of carbonyl (C=O) groups is 1. The van der Waals surface area contributed by atoms with Crippen molar-refractivity contribution in [3.8, 4) is 11.3 Å². The molecule has 1 heterocycles. The topological polar surface area (TPSA) is 42.0 Å². The molecule has 108 valence electrons. The first-order chi connectivity index (χ1) is 10.3. The summed E-state index contributed by atoms with van der Waals surface area (Å²) < 4.78 is 0. The van der Waals surface area contributed by atoms with E-state index in [0.717, 1.165) is 28.7 Å². The number of anilines is 1. The SMILES string of the molecule is O=C(Nc1nc(-c2ccccc2)cs1)[C@@H]1C[C@H]2CC[C@H]1C2. The molecule has 4 rings (SSSR count). The average molecular weight is 298 g/mol. The molecule has 3 nitrogen and oxygen atoms in total. The van der Waals surface area contributed by atoms with E-state index in [9.17, 15) is 4.79 Å². The highest BCUT2D eigenvalue weighted by Crippen LogP contribution is 2.48. The lowest BCUT2D eigenvalue weighted by atomic mass is 9.88. The third kappa shape index (κ3) is 2.48. The third-order valence-corrected chi connectivity index (χ3v) is 5.64. The van der Waals surface area contributed by atoms with Crippen LogP contribution in [0, 0.1) is 17.8 Å². The minimum absolute atomic E-state index is 0.177. The van der Waals surface area contributed by atoms with Gasteiger partial charge < -0.3 is 5.32 Å². The van der Waals surface area contributed by atoms with Gasteiger partial charge in [0.15, 0.2) is 5.13 Å². The Hall–Kier alpha value is -1.68. The smallest absolute Gasteiger partial charge is 0.229 e. The van der Waals surface area contributed by atoms with Crippen molar-refractivity contribution in [2.45, 2.75) is 25.7 Å². The number of thiazole rings is 1. The summed E-state index contributed by atoms with van der Waals surface area (Å²) >= 11 is 1.51. The highest BCUT2D eigenvalue weighted by Gasteiger charge is 2.43. The number of nitrogens with zero attached hydrogens (tertiary/aromatic N) is 1. The number of amides is 1. The Balaban J connectivity index is 1.46. The monoisotopic (exact) mass is 298 g/mol. The van der Waals surface area contributed by atoms with Gasteiger partial charge in [0.25, 0.3) is 0 Å². The molecule has 4 heteroatoms. The van der Waals surface area contributed by atoms with Crippen LogP contribution in [0.3, 0.4) is 0 Å². The van der Waals surface area contributed by atoms with Gasteiger partial charge >= 0.3 is 0 Å². The lowest BCUT2D eigenvalue weighted by molar-refractivity contribution is -0.121.